The first-order chi connectivity index (χ1) is 21.8. The minimum atomic E-state index is -1.21. The predicted octanol–water partition coefficient (Wildman–Crippen LogP) is 3.65. The first-order valence-electron chi connectivity index (χ1n) is 14.3. The van der Waals surface area contributed by atoms with Gasteiger partial charge in [0, 0.05) is 25.7 Å². The number of carboxylic acid groups (broad SMARTS) is 1. The SMILES string of the molecule is COc1ccc(CN(c2nc(Nc3cc(C#N)cc(N4CC[C@@H](NC(=O)O)[C@@H](O)C4)c3Cl)nn3c(C#N)cnc23)C2CC2)cc1. The summed E-state index contributed by atoms with van der Waals surface area (Å²) in [6, 6.07) is 14.8. The van der Waals surface area contributed by atoms with Gasteiger partial charge in [-0.25, -0.2) is 9.78 Å². The van der Waals surface area contributed by atoms with Gasteiger partial charge in [0.05, 0.1) is 53.5 Å². The largest absolute Gasteiger partial charge is 0.497 e. The van der Waals surface area contributed by atoms with Crippen LogP contribution in [-0.4, -0.2) is 74.3 Å². The molecule has 4 aromatic rings. The van der Waals surface area contributed by atoms with E-state index in [9.17, 15) is 20.4 Å². The van der Waals surface area contributed by atoms with Crippen LogP contribution in [-0.2, 0) is 6.54 Å². The summed E-state index contributed by atoms with van der Waals surface area (Å²) in [6.45, 7) is 1.04. The number of amides is 1. The van der Waals surface area contributed by atoms with Crippen LogP contribution in [0.4, 0.5) is 27.9 Å². The Balaban J connectivity index is 1.36. The van der Waals surface area contributed by atoms with Crippen LogP contribution in [0.3, 0.4) is 0 Å². The summed E-state index contributed by atoms with van der Waals surface area (Å²) in [4.78, 5) is 24.4. The smallest absolute Gasteiger partial charge is 0.404 e. The molecule has 1 amide bonds. The zero-order chi connectivity index (χ0) is 31.7. The number of nitriles is 2. The van der Waals surface area contributed by atoms with Crippen LogP contribution < -0.4 is 25.2 Å². The number of β-amino-alcohol motifs (C(OH)–C–C–N with tert-alkyl or cyclic N) is 1. The van der Waals surface area contributed by atoms with E-state index in [1.807, 2.05) is 29.2 Å². The number of aliphatic hydroxyl groups excluding tert-OH is 1. The van der Waals surface area contributed by atoms with Gasteiger partial charge in [-0.15, -0.1) is 5.10 Å². The van der Waals surface area contributed by atoms with E-state index in [0.717, 1.165) is 24.2 Å². The molecule has 45 heavy (non-hydrogen) atoms. The summed E-state index contributed by atoms with van der Waals surface area (Å²) in [7, 11) is 1.62. The molecule has 3 heterocycles. The lowest BCUT2D eigenvalue weighted by Gasteiger charge is -2.37. The van der Waals surface area contributed by atoms with E-state index in [0.29, 0.717) is 47.9 Å². The predicted molar refractivity (Wildman–Crippen MR) is 165 cm³/mol. The molecule has 14 nitrogen and oxygen atoms in total. The van der Waals surface area contributed by atoms with Gasteiger partial charge in [0.2, 0.25) is 5.95 Å². The van der Waals surface area contributed by atoms with Crippen molar-refractivity contribution >= 4 is 46.5 Å². The number of carbonyl (C=O) groups is 1. The van der Waals surface area contributed by atoms with Crippen molar-refractivity contribution in [2.75, 3.05) is 35.3 Å². The number of nitrogens with zero attached hydrogens (tertiary/aromatic N) is 8. The highest BCUT2D eigenvalue weighted by Crippen LogP contribution is 2.38. The summed E-state index contributed by atoms with van der Waals surface area (Å²) in [5, 5.41) is 49.6. The summed E-state index contributed by atoms with van der Waals surface area (Å²) < 4.78 is 6.74. The van der Waals surface area contributed by atoms with E-state index in [4.69, 9.17) is 26.4 Å². The van der Waals surface area contributed by atoms with Gasteiger partial charge >= 0.3 is 6.09 Å². The maximum absolute atomic E-state index is 11.1. The first kappa shape index (κ1) is 29.7. The molecule has 2 aromatic carbocycles. The number of aromatic nitrogens is 4. The van der Waals surface area contributed by atoms with Crippen molar-refractivity contribution < 1.29 is 19.7 Å². The van der Waals surface area contributed by atoms with Crippen molar-refractivity contribution in [1.29, 1.82) is 10.5 Å². The molecule has 1 saturated heterocycles. The number of halogens is 1. The number of ether oxygens (including phenoxy) is 1. The van der Waals surface area contributed by atoms with Gasteiger partial charge < -0.3 is 35.4 Å². The van der Waals surface area contributed by atoms with Crippen molar-refractivity contribution in [1.82, 2.24) is 24.9 Å². The lowest BCUT2D eigenvalue weighted by molar-refractivity contribution is 0.108. The summed E-state index contributed by atoms with van der Waals surface area (Å²) >= 11 is 6.89. The summed E-state index contributed by atoms with van der Waals surface area (Å²) in [5.74, 6) is 1.43. The zero-order valence-corrected chi connectivity index (χ0v) is 24.9. The number of benzene rings is 2. The Morgan fingerprint density at radius 1 is 1.20 bits per heavy atom. The molecule has 4 N–H and O–H groups in total. The summed E-state index contributed by atoms with van der Waals surface area (Å²) in [5.41, 5.74) is 2.84. The number of imidazole rings is 1. The van der Waals surface area contributed by atoms with E-state index in [1.165, 1.54) is 10.7 Å². The molecular formula is C30H29ClN10O4. The molecule has 2 aromatic heterocycles. The molecule has 1 aliphatic carbocycles. The third kappa shape index (κ3) is 6.20. The highest BCUT2D eigenvalue weighted by Gasteiger charge is 2.33. The number of piperidine rings is 1. The van der Waals surface area contributed by atoms with E-state index in [-0.39, 0.29) is 29.3 Å². The minimum absolute atomic E-state index is 0.105. The maximum Gasteiger partial charge on any atom is 0.404 e. The van der Waals surface area contributed by atoms with Crippen LogP contribution in [0.2, 0.25) is 5.02 Å². The quantitative estimate of drug-likeness (QED) is 0.211. The third-order valence-corrected chi connectivity index (χ3v) is 8.29. The van der Waals surface area contributed by atoms with Crippen LogP contribution in [0.5, 0.6) is 5.75 Å². The van der Waals surface area contributed by atoms with Crippen molar-refractivity contribution in [3.05, 3.63) is 64.4 Å². The molecule has 0 unspecified atom stereocenters. The Morgan fingerprint density at radius 3 is 2.62 bits per heavy atom. The van der Waals surface area contributed by atoms with Crippen LogP contribution in [0.25, 0.3) is 5.65 Å². The fourth-order valence-electron chi connectivity index (χ4n) is 5.47. The molecule has 230 valence electrons. The Morgan fingerprint density at radius 2 is 1.98 bits per heavy atom. The number of rotatable bonds is 9. The van der Waals surface area contributed by atoms with E-state index < -0.39 is 18.2 Å². The van der Waals surface area contributed by atoms with Crippen molar-refractivity contribution in [3.63, 3.8) is 0 Å². The number of anilines is 4. The number of nitrogens with one attached hydrogen (secondary N) is 2. The third-order valence-electron chi connectivity index (χ3n) is 7.89. The van der Waals surface area contributed by atoms with Crippen molar-refractivity contribution in [2.45, 2.75) is 44.0 Å². The van der Waals surface area contributed by atoms with Crippen LogP contribution in [0, 0.1) is 22.7 Å². The molecule has 2 atom stereocenters. The Labute approximate surface area is 263 Å². The van der Waals surface area contributed by atoms with Gasteiger partial charge in [-0.05, 0) is 49.1 Å². The highest BCUT2D eigenvalue weighted by atomic mass is 35.5. The van der Waals surface area contributed by atoms with Gasteiger partial charge in [-0.2, -0.15) is 20.0 Å². The van der Waals surface area contributed by atoms with E-state index in [2.05, 4.69) is 37.8 Å². The fraction of sp³-hybridized carbons (Fsp3) is 0.333. The average Bonchev–Trinajstić information content (AvgIpc) is 3.80. The molecule has 2 fully saturated rings. The van der Waals surface area contributed by atoms with E-state index >= 15 is 0 Å². The normalized spacial score (nSPS) is 17.8. The van der Waals surface area contributed by atoms with Gasteiger partial charge in [-0.1, -0.05) is 23.7 Å². The van der Waals surface area contributed by atoms with Gasteiger partial charge in [-0.3, -0.25) is 0 Å². The number of fused-ring (bicyclic) bond motifs is 1. The Kier molecular flexibility index (Phi) is 8.17. The molecule has 2 aliphatic rings. The number of aliphatic hydroxyl groups is 1. The molecule has 6 rings (SSSR count). The van der Waals surface area contributed by atoms with Crippen LogP contribution in [0.15, 0.2) is 42.6 Å². The molecule has 0 spiro atoms. The van der Waals surface area contributed by atoms with Crippen LogP contribution >= 0.6 is 11.6 Å². The Bertz CT molecular complexity index is 1830. The molecule has 1 aliphatic heterocycles. The van der Waals surface area contributed by atoms with Gasteiger partial charge in [0.1, 0.15) is 11.8 Å². The number of methoxy groups -OCH3 is 1. The first-order valence-corrected chi connectivity index (χ1v) is 14.6. The molecule has 0 bridgehead atoms. The standard InChI is InChI=1S/C30H29ClN10O4/c1-45-21-6-2-17(3-7-21)15-40(19-4-5-19)28-27-34-14-20(13-33)41(27)38-29(37-28)35-23-10-18(12-32)11-24(26(23)31)39-9-8-22(25(42)16-39)36-30(43)44/h2-3,6-7,10-11,14,19,22,25,36,42H,4-5,8-9,15-16H2,1H3,(H,35,38)(H,43,44)/t22-,25+/m1/s1. The van der Waals surface area contributed by atoms with Crippen molar-refractivity contribution in [3.8, 4) is 17.9 Å². The fourth-order valence-corrected chi connectivity index (χ4v) is 5.75. The molecule has 15 heteroatoms. The zero-order valence-electron chi connectivity index (χ0n) is 24.2. The minimum Gasteiger partial charge on any atom is -0.497 e. The second-order valence-corrected chi connectivity index (χ2v) is 11.3. The van der Waals surface area contributed by atoms with Crippen molar-refractivity contribution in [2.24, 2.45) is 0 Å². The average molecular weight is 629 g/mol. The Hall–Kier alpha value is -5.31. The summed E-state index contributed by atoms with van der Waals surface area (Å²) in [6.07, 6.45) is 1.56. The lowest BCUT2D eigenvalue weighted by atomic mass is 10.0. The number of hydrogen-bond acceptors (Lipinski definition) is 11. The second-order valence-electron chi connectivity index (χ2n) is 10.9. The maximum atomic E-state index is 11.1. The second kappa shape index (κ2) is 12.4. The topological polar surface area (TPSA) is 188 Å². The number of hydrogen-bond donors (Lipinski definition) is 4. The molecule has 0 radical (unpaired) electrons. The molecule has 1 saturated carbocycles. The van der Waals surface area contributed by atoms with Gasteiger partial charge in [0.15, 0.2) is 17.2 Å². The van der Waals surface area contributed by atoms with E-state index in [1.54, 1.807) is 19.2 Å². The monoisotopic (exact) mass is 628 g/mol. The molecular weight excluding hydrogens is 600 g/mol. The van der Waals surface area contributed by atoms with Crippen LogP contribution in [0.1, 0.15) is 36.1 Å². The van der Waals surface area contributed by atoms with Gasteiger partial charge in [0.25, 0.3) is 0 Å². The lowest BCUT2D eigenvalue weighted by Crippen LogP contribution is -2.54. The highest BCUT2D eigenvalue weighted by molar-refractivity contribution is 6.36.